The van der Waals surface area contributed by atoms with Crippen LogP contribution in [0.1, 0.15) is 13.8 Å². The molecule has 2 aromatic rings. The molecule has 0 aliphatic heterocycles. The first-order chi connectivity index (χ1) is 7.91. The van der Waals surface area contributed by atoms with Gasteiger partial charge in [-0.05, 0) is 21.8 Å². The molecule has 0 fully saturated rings. The van der Waals surface area contributed by atoms with E-state index in [1.807, 2.05) is 13.8 Å². The molecule has 7 heteroatoms. The van der Waals surface area contributed by atoms with Gasteiger partial charge in [-0.3, -0.25) is 14.3 Å². The minimum Gasteiger partial charge on any atom is -0.316 e. The van der Waals surface area contributed by atoms with E-state index in [9.17, 15) is 9.59 Å². The molecule has 2 rings (SSSR count). The fourth-order valence-electron chi connectivity index (χ4n) is 1.75. The Kier molecular flexibility index (Phi) is 2.94. The maximum Gasteiger partial charge on any atom is 0.330 e. The summed E-state index contributed by atoms with van der Waals surface area (Å²) in [4.78, 5) is 30.0. The number of hydrogen-bond donors (Lipinski definition) is 1. The molecule has 0 aliphatic carbocycles. The van der Waals surface area contributed by atoms with Crippen molar-refractivity contribution in [2.75, 3.05) is 0 Å². The molecule has 17 heavy (non-hydrogen) atoms. The van der Waals surface area contributed by atoms with Gasteiger partial charge < -0.3 is 4.57 Å². The molecule has 1 N–H and O–H groups in total. The van der Waals surface area contributed by atoms with Crippen LogP contribution in [0.3, 0.4) is 0 Å². The van der Waals surface area contributed by atoms with E-state index in [1.54, 1.807) is 11.6 Å². The summed E-state index contributed by atoms with van der Waals surface area (Å²) in [6.45, 7) is 4.53. The zero-order valence-corrected chi connectivity index (χ0v) is 11.4. The molecule has 0 aliphatic rings. The second-order valence-corrected chi connectivity index (χ2v) is 5.09. The maximum atomic E-state index is 11.8. The number of imidazole rings is 1. The van der Waals surface area contributed by atoms with Gasteiger partial charge in [-0.25, -0.2) is 9.78 Å². The summed E-state index contributed by atoms with van der Waals surface area (Å²) in [7, 11) is 1.72. The van der Waals surface area contributed by atoms with Crippen LogP contribution < -0.4 is 11.2 Å². The largest absolute Gasteiger partial charge is 0.330 e. The molecular weight excluding hydrogens is 288 g/mol. The molecule has 0 amide bonds. The van der Waals surface area contributed by atoms with Crippen LogP contribution in [0, 0.1) is 5.92 Å². The van der Waals surface area contributed by atoms with E-state index < -0.39 is 11.2 Å². The monoisotopic (exact) mass is 300 g/mol. The lowest BCUT2D eigenvalue weighted by molar-refractivity contribution is 0.513. The Hall–Kier alpha value is -1.37. The number of H-pyrrole nitrogens is 1. The number of nitrogens with one attached hydrogen (secondary N) is 1. The highest BCUT2D eigenvalue weighted by Gasteiger charge is 2.15. The van der Waals surface area contributed by atoms with Crippen LogP contribution in [-0.4, -0.2) is 19.1 Å². The van der Waals surface area contributed by atoms with Gasteiger partial charge in [-0.1, -0.05) is 13.8 Å². The third-order valence-corrected chi connectivity index (χ3v) is 3.22. The minimum atomic E-state index is -0.415. The first kappa shape index (κ1) is 12.1. The van der Waals surface area contributed by atoms with Crippen molar-refractivity contribution in [3.8, 4) is 0 Å². The Bertz CT molecular complexity index is 680. The molecule has 0 unspecified atom stereocenters. The molecule has 0 saturated heterocycles. The lowest BCUT2D eigenvalue weighted by Crippen LogP contribution is -2.32. The summed E-state index contributed by atoms with van der Waals surface area (Å²) in [5.74, 6) is 0.294. The van der Waals surface area contributed by atoms with Gasteiger partial charge in [0.1, 0.15) is 0 Å². The molecule has 0 radical (unpaired) electrons. The zero-order valence-electron chi connectivity index (χ0n) is 9.82. The topological polar surface area (TPSA) is 72.7 Å². The Balaban J connectivity index is 2.88. The standard InChI is InChI=1S/C10H13BrN4O2/c1-5(2)4-15-7-6(8(16)13-10(15)17)14(3)9(11)12-7/h5H,4H2,1-3H3,(H,13,16,17). The summed E-state index contributed by atoms with van der Waals surface area (Å²) < 4.78 is 3.64. The second kappa shape index (κ2) is 4.14. The highest BCUT2D eigenvalue weighted by Crippen LogP contribution is 2.14. The first-order valence-electron chi connectivity index (χ1n) is 5.27. The Morgan fingerprint density at radius 1 is 1.41 bits per heavy atom. The van der Waals surface area contributed by atoms with Crippen LogP contribution in [0.15, 0.2) is 14.3 Å². The second-order valence-electron chi connectivity index (χ2n) is 4.38. The van der Waals surface area contributed by atoms with E-state index in [0.29, 0.717) is 28.4 Å². The number of halogens is 1. The van der Waals surface area contributed by atoms with Crippen molar-refractivity contribution in [2.45, 2.75) is 20.4 Å². The van der Waals surface area contributed by atoms with Crippen LogP contribution in [0.5, 0.6) is 0 Å². The normalized spacial score (nSPS) is 11.6. The fourth-order valence-corrected chi connectivity index (χ4v) is 2.10. The third kappa shape index (κ3) is 1.95. The van der Waals surface area contributed by atoms with Crippen molar-refractivity contribution in [1.82, 2.24) is 19.1 Å². The Morgan fingerprint density at radius 3 is 2.65 bits per heavy atom. The molecule has 0 spiro atoms. The van der Waals surface area contributed by atoms with Crippen LogP contribution in [-0.2, 0) is 13.6 Å². The van der Waals surface area contributed by atoms with Crippen molar-refractivity contribution in [3.05, 3.63) is 25.6 Å². The van der Waals surface area contributed by atoms with Crippen LogP contribution in [0.25, 0.3) is 11.2 Å². The average Bonchev–Trinajstić information content (AvgIpc) is 2.50. The molecular formula is C10H13BrN4O2. The molecule has 0 bridgehead atoms. The van der Waals surface area contributed by atoms with Gasteiger partial charge in [0, 0.05) is 13.6 Å². The van der Waals surface area contributed by atoms with Gasteiger partial charge in [0.25, 0.3) is 5.56 Å². The number of hydrogen-bond acceptors (Lipinski definition) is 3. The molecule has 0 saturated carbocycles. The summed E-state index contributed by atoms with van der Waals surface area (Å²) in [5, 5.41) is 0. The molecule has 92 valence electrons. The average molecular weight is 301 g/mol. The summed E-state index contributed by atoms with van der Waals surface area (Å²) in [6, 6.07) is 0. The number of aryl methyl sites for hydroxylation is 1. The van der Waals surface area contributed by atoms with Crippen LogP contribution >= 0.6 is 15.9 Å². The molecule has 2 aromatic heterocycles. The van der Waals surface area contributed by atoms with Crippen LogP contribution in [0.2, 0.25) is 0 Å². The number of rotatable bonds is 2. The molecule has 0 atom stereocenters. The summed E-state index contributed by atoms with van der Waals surface area (Å²) >= 11 is 3.25. The number of fused-ring (bicyclic) bond motifs is 1. The highest BCUT2D eigenvalue weighted by atomic mass is 79.9. The quantitative estimate of drug-likeness (QED) is 0.836. The SMILES string of the molecule is CC(C)Cn1c(=O)[nH]c(=O)c2c1nc(Br)n2C. The van der Waals surface area contributed by atoms with Gasteiger partial charge >= 0.3 is 5.69 Å². The van der Waals surface area contributed by atoms with Crippen molar-refractivity contribution in [1.29, 1.82) is 0 Å². The summed E-state index contributed by atoms with van der Waals surface area (Å²) in [6.07, 6.45) is 0. The van der Waals surface area contributed by atoms with E-state index in [1.165, 1.54) is 4.57 Å². The Labute approximate surface area is 105 Å². The predicted octanol–water partition coefficient (Wildman–Crippen LogP) is 0.842. The highest BCUT2D eigenvalue weighted by molar-refractivity contribution is 9.10. The molecule has 2 heterocycles. The van der Waals surface area contributed by atoms with Crippen molar-refractivity contribution < 1.29 is 0 Å². The predicted molar refractivity (Wildman–Crippen MR) is 68.1 cm³/mol. The van der Waals surface area contributed by atoms with Gasteiger partial charge in [0.05, 0.1) is 0 Å². The van der Waals surface area contributed by atoms with Crippen molar-refractivity contribution >= 4 is 27.1 Å². The van der Waals surface area contributed by atoms with Gasteiger partial charge in [0.2, 0.25) is 0 Å². The lowest BCUT2D eigenvalue weighted by atomic mass is 10.2. The van der Waals surface area contributed by atoms with Crippen LogP contribution in [0.4, 0.5) is 0 Å². The minimum absolute atomic E-state index is 0.294. The smallest absolute Gasteiger partial charge is 0.316 e. The number of nitrogens with zero attached hydrogens (tertiary/aromatic N) is 3. The third-order valence-electron chi connectivity index (χ3n) is 2.51. The van der Waals surface area contributed by atoms with Gasteiger partial charge in [-0.15, -0.1) is 0 Å². The first-order valence-corrected chi connectivity index (χ1v) is 6.06. The maximum absolute atomic E-state index is 11.8. The molecule has 0 aromatic carbocycles. The zero-order chi connectivity index (χ0) is 12.7. The Morgan fingerprint density at radius 2 is 2.06 bits per heavy atom. The van der Waals surface area contributed by atoms with Gasteiger partial charge in [-0.2, -0.15) is 0 Å². The van der Waals surface area contributed by atoms with Gasteiger partial charge in [0.15, 0.2) is 15.9 Å². The van der Waals surface area contributed by atoms with E-state index in [-0.39, 0.29) is 0 Å². The van der Waals surface area contributed by atoms with E-state index in [4.69, 9.17) is 0 Å². The lowest BCUT2D eigenvalue weighted by Gasteiger charge is -2.08. The van der Waals surface area contributed by atoms with E-state index in [0.717, 1.165) is 0 Å². The van der Waals surface area contributed by atoms with Crippen molar-refractivity contribution in [3.63, 3.8) is 0 Å². The van der Waals surface area contributed by atoms with E-state index in [2.05, 4.69) is 25.9 Å². The van der Waals surface area contributed by atoms with Crippen molar-refractivity contribution in [2.24, 2.45) is 13.0 Å². The number of aromatic nitrogens is 4. The summed E-state index contributed by atoms with van der Waals surface area (Å²) in [5.41, 5.74) is -0.00791. The molecule has 6 nitrogen and oxygen atoms in total. The van der Waals surface area contributed by atoms with E-state index >= 15 is 0 Å². The number of aromatic amines is 1. The fraction of sp³-hybridized carbons (Fsp3) is 0.500.